The molecule has 1 aromatic carbocycles. The maximum atomic E-state index is 11.6. The minimum absolute atomic E-state index is 0.261. The van der Waals surface area contributed by atoms with Crippen molar-refractivity contribution in [3.8, 4) is 5.75 Å². The molecular weight excluding hydrogens is 338 g/mol. The van der Waals surface area contributed by atoms with Crippen LogP contribution in [0.4, 0.5) is 17.2 Å². The summed E-state index contributed by atoms with van der Waals surface area (Å²) in [6.07, 6.45) is 1.41. The number of halogens is 1. The molecule has 2 rings (SSSR count). The van der Waals surface area contributed by atoms with Gasteiger partial charge in [-0.1, -0.05) is 15.9 Å². The first kappa shape index (κ1) is 15.1. The molecule has 6 nitrogen and oxygen atoms in total. The molecule has 1 aromatic heterocycles. The van der Waals surface area contributed by atoms with Crippen molar-refractivity contribution < 1.29 is 14.3 Å². The number of aromatic nitrogens is 1. The predicted molar refractivity (Wildman–Crippen MR) is 84.0 cm³/mol. The molecule has 0 saturated carbocycles. The maximum absolute atomic E-state index is 11.6. The Kier molecular flexibility index (Phi) is 4.64. The van der Waals surface area contributed by atoms with Crippen molar-refractivity contribution in [3.63, 3.8) is 0 Å². The summed E-state index contributed by atoms with van der Waals surface area (Å²) in [5, 5.41) is 3.08. The number of benzene rings is 1. The molecule has 7 heteroatoms. The van der Waals surface area contributed by atoms with Crippen molar-refractivity contribution in [2.24, 2.45) is 0 Å². The number of rotatable bonds is 4. The quantitative estimate of drug-likeness (QED) is 0.823. The Hall–Kier alpha value is -2.28. The molecule has 0 bridgehead atoms. The SMILES string of the molecule is COC(=O)c1cc(Nc2cc(Br)cc(OC)c2)ncc1N. The zero-order valence-corrected chi connectivity index (χ0v) is 13.1. The third-order valence-corrected chi connectivity index (χ3v) is 3.18. The van der Waals surface area contributed by atoms with Crippen LogP contribution in [0.3, 0.4) is 0 Å². The molecule has 0 aliphatic carbocycles. The van der Waals surface area contributed by atoms with Gasteiger partial charge in [0.25, 0.3) is 0 Å². The van der Waals surface area contributed by atoms with E-state index in [4.69, 9.17) is 10.5 Å². The van der Waals surface area contributed by atoms with Crippen molar-refractivity contribution in [1.82, 2.24) is 4.98 Å². The molecule has 0 atom stereocenters. The van der Waals surface area contributed by atoms with Gasteiger partial charge in [-0.15, -0.1) is 0 Å². The van der Waals surface area contributed by atoms with Crippen LogP contribution in [0.15, 0.2) is 34.9 Å². The maximum Gasteiger partial charge on any atom is 0.340 e. The standard InChI is InChI=1S/C14H14BrN3O3/c1-20-10-4-8(15)3-9(5-10)18-13-6-11(14(19)21-2)12(16)7-17-13/h3-7H,16H2,1-2H3,(H,17,18). The van der Waals surface area contributed by atoms with Gasteiger partial charge in [0.2, 0.25) is 0 Å². The summed E-state index contributed by atoms with van der Waals surface area (Å²) < 4.78 is 10.7. The van der Waals surface area contributed by atoms with Gasteiger partial charge in [-0.3, -0.25) is 0 Å². The van der Waals surface area contributed by atoms with Gasteiger partial charge < -0.3 is 20.5 Å². The largest absolute Gasteiger partial charge is 0.497 e. The van der Waals surface area contributed by atoms with Crippen LogP contribution in [-0.4, -0.2) is 25.2 Å². The van der Waals surface area contributed by atoms with E-state index in [-0.39, 0.29) is 11.3 Å². The van der Waals surface area contributed by atoms with Gasteiger partial charge in [0.05, 0.1) is 31.7 Å². The highest BCUT2D eigenvalue weighted by Crippen LogP contribution is 2.27. The van der Waals surface area contributed by atoms with E-state index >= 15 is 0 Å². The lowest BCUT2D eigenvalue weighted by atomic mass is 10.2. The Labute approximate surface area is 130 Å². The summed E-state index contributed by atoms with van der Waals surface area (Å²) in [5.74, 6) is 0.657. The van der Waals surface area contributed by atoms with Crippen LogP contribution in [0.1, 0.15) is 10.4 Å². The summed E-state index contributed by atoms with van der Waals surface area (Å²) >= 11 is 3.39. The van der Waals surface area contributed by atoms with Crippen LogP contribution in [0.2, 0.25) is 0 Å². The zero-order chi connectivity index (χ0) is 15.4. The Morgan fingerprint density at radius 1 is 1.29 bits per heavy atom. The lowest BCUT2D eigenvalue weighted by Crippen LogP contribution is -2.07. The number of methoxy groups -OCH3 is 2. The molecule has 2 aromatic rings. The minimum atomic E-state index is -0.509. The first-order chi connectivity index (χ1) is 10.0. The number of hydrogen-bond acceptors (Lipinski definition) is 6. The summed E-state index contributed by atoms with van der Waals surface area (Å²) in [6.45, 7) is 0. The number of ether oxygens (including phenoxy) is 2. The molecule has 0 saturated heterocycles. The van der Waals surface area contributed by atoms with Crippen molar-refractivity contribution in [2.45, 2.75) is 0 Å². The lowest BCUT2D eigenvalue weighted by Gasteiger charge is -2.10. The van der Waals surface area contributed by atoms with E-state index in [0.717, 1.165) is 10.2 Å². The monoisotopic (exact) mass is 351 g/mol. The number of esters is 1. The molecular formula is C14H14BrN3O3. The van der Waals surface area contributed by atoms with E-state index < -0.39 is 5.97 Å². The smallest absolute Gasteiger partial charge is 0.340 e. The van der Waals surface area contributed by atoms with Crippen LogP contribution in [0.5, 0.6) is 5.75 Å². The third-order valence-electron chi connectivity index (χ3n) is 2.72. The van der Waals surface area contributed by atoms with E-state index in [2.05, 4.69) is 31.0 Å². The number of pyridine rings is 1. The Bertz CT molecular complexity index is 677. The molecule has 0 unspecified atom stereocenters. The van der Waals surface area contributed by atoms with Crippen molar-refractivity contribution in [3.05, 3.63) is 40.5 Å². The number of anilines is 3. The van der Waals surface area contributed by atoms with Crippen LogP contribution in [0, 0.1) is 0 Å². The van der Waals surface area contributed by atoms with Gasteiger partial charge >= 0.3 is 5.97 Å². The summed E-state index contributed by atoms with van der Waals surface area (Å²) in [5.41, 5.74) is 6.99. The number of nitrogens with zero attached hydrogens (tertiary/aromatic N) is 1. The molecule has 21 heavy (non-hydrogen) atoms. The summed E-state index contributed by atoms with van der Waals surface area (Å²) in [6, 6.07) is 7.04. The van der Waals surface area contributed by atoms with Crippen LogP contribution in [0.25, 0.3) is 0 Å². The topological polar surface area (TPSA) is 86.5 Å². The van der Waals surface area contributed by atoms with E-state index in [1.165, 1.54) is 19.4 Å². The van der Waals surface area contributed by atoms with E-state index in [1.807, 2.05) is 12.1 Å². The summed E-state index contributed by atoms with van der Waals surface area (Å²) in [4.78, 5) is 15.7. The molecule has 0 spiro atoms. The highest BCUT2D eigenvalue weighted by molar-refractivity contribution is 9.10. The fraction of sp³-hybridized carbons (Fsp3) is 0.143. The number of carbonyl (C=O) groups is 1. The highest BCUT2D eigenvalue weighted by atomic mass is 79.9. The number of carbonyl (C=O) groups excluding carboxylic acids is 1. The normalized spacial score (nSPS) is 10.0. The second kappa shape index (κ2) is 6.45. The molecule has 0 aliphatic rings. The van der Waals surface area contributed by atoms with E-state index in [9.17, 15) is 4.79 Å². The van der Waals surface area contributed by atoms with E-state index in [1.54, 1.807) is 13.2 Å². The number of nitrogen functional groups attached to an aromatic ring is 1. The van der Waals surface area contributed by atoms with Crippen molar-refractivity contribution in [1.29, 1.82) is 0 Å². The molecule has 110 valence electrons. The fourth-order valence-electron chi connectivity index (χ4n) is 1.72. The first-order valence-electron chi connectivity index (χ1n) is 5.99. The number of nitrogens with one attached hydrogen (secondary N) is 1. The molecule has 0 aliphatic heterocycles. The molecule has 1 heterocycles. The summed E-state index contributed by atoms with van der Waals surface area (Å²) in [7, 11) is 2.89. The van der Waals surface area contributed by atoms with E-state index in [0.29, 0.717) is 11.6 Å². The molecule has 0 radical (unpaired) electrons. The van der Waals surface area contributed by atoms with Crippen LogP contribution in [-0.2, 0) is 4.74 Å². The Balaban J connectivity index is 2.31. The lowest BCUT2D eigenvalue weighted by molar-refractivity contribution is 0.0602. The second-order valence-electron chi connectivity index (χ2n) is 4.15. The second-order valence-corrected chi connectivity index (χ2v) is 5.07. The van der Waals surface area contributed by atoms with Gasteiger partial charge in [-0.2, -0.15) is 0 Å². The van der Waals surface area contributed by atoms with Gasteiger partial charge in [-0.05, 0) is 18.2 Å². The van der Waals surface area contributed by atoms with Crippen LogP contribution >= 0.6 is 15.9 Å². The third kappa shape index (κ3) is 3.63. The van der Waals surface area contributed by atoms with Gasteiger partial charge in [0.15, 0.2) is 0 Å². The van der Waals surface area contributed by atoms with Gasteiger partial charge in [-0.25, -0.2) is 9.78 Å². The minimum Gasteiger partial charge on any atom is -0.497 e. The van der Waals surface area contributed by atoms with Gasteiger partial charge in [0.1, 0.15) is 11.6 Å². The van der Waals surface area contributed by atoms with Crippen molar-refractivity contribution in [2.75, 3.05) is 25.3 Å². The average Bonchev–Trinajstić information content (AvgIpc) is 2.47. The van der Waals surface area contributed by atoms with Crippen molar-refractivity contribution >= 4 is 39.1 Å². The predicted octanol–water partition coefficient (Wildman–Crippen LogP) is 2.97. The number of hydrogen-bond donors (Lipinski definition) is 2. The Morgan fingerprint density at radius 3 is 2.71 bits per heavy atom. The van der Waals surface area contributed by atoms with Crippen LogP contribution < -0.4 is 15.8 Å². The number of nitrogens with two attached hydrogens (primary N) is 1. The fourth-order valence-corrected chi connectivity index (χ4v) is 2.19. The molecule has 0 amide bonds. The zero-order valence-electron chi connectivity index (χ0n) is 11.5. The highest BCUT2D eigenvalue weighted by Gasteiger charge is 2.12. The molecule has 3 N–H and O–H groups in total. The average molecular weight is 352 g/mol. The Morgan fingerprint density at radius 2 is 2.05 bits per heavy atom. The molecule has 0 fully saturated rings. The first-order valence-corrected chi connectivity index (χ1v) is 6.78. The van der Waals surface area contributed by atoms with Gasteiger partial charge in [0, 0.05) is 16.2 Å².